The van der Waals surface area contributed by atoms with Gasteiger partial charge in [0, 0.05) is 5.88 Å². The van der Waals surface area contributed by atoms with E-state index in [0.29, 0.717) is 11.6 Å². The van der Waals surface area contributed by atoms with Crippen molar-refractivity contribution in [3.05, 3.63) is 0 Å². The maximum atomic E-state index is 11.8. The second kappa shape index (κ2) is 7.50. The third-order valence-corrected chi connectivity index (χ3v) is 5.62. The van der Waals surface area contributed by atoms with Crippen LogP contribution >= 0.6 is 11.6 Å². The number of rotatable bonds is 8. The molecule has 0 fully saturated rings. The van der Waals surface area contributed by atoms with Gasteiger partial charge >= 0.3 is 0 Å². The number of alkyl halides is 1. The Morgan fingerprint density at radius 2 is 1.53 bits per heavy atom. The molecule has 4 heteroatoms. The Labute approximate surface area is 99.3 Å². The lowest BCUT2D eigenvalue weighted by molar-refractivity contribution is 0.541. The summed E-state index contributed by atoms with van der Waals surface area (Å²) < 4.78 is 23.6. The summed E-state index contributed by atoms with van der Waals surface area (Å²) in [6.07, 6.45) is 3.77. The van der Waals surface area contributed by atoms with Gasteiger partial charge in [-0.1, -0.05) is 26.7 Å². The molecule has 0 aliphatic rings. The first-order valence-electron chi connectivity index (χ1n) is 5.69. The summed E-state index contributed by atoms with van der Waals surface area (Å²) in [5.74, 6) is 1.21. The first-order valence-corrected chi connectivity index (χ1v) is 7.94. The van der Waals surface area contributed by atoms with E-state index in [2.05, 4.69) is 0 Å². The van der Waals surface area contributed by atoms with E-state index in [-0.39, 0.29) is 11.2 Å². The van der Waals surface area contributed by atoms with E-state index in [4.69, 9.17) is 11.6 Å². The molecule has 0 aliphatic carbocycles. The van der Waals surface area contributed by atoms with Crippen LogP contribution < -0.4 is 0 Å². The minimum absolute atomic E-state index is 0.206. The zero-order valence-electron chi connectivity index (χ0n) is 10.0. The minimum Gasteiger partial charge on any atom is -0.229 e. The van der Waals surface area contributed by atoms with Crippen molar-refractivity contribution in [3.8, 4) is 0 Å². The van der Waals surface area contributed by atoms with E-state index < -0.39 is 9.84 Å². The summed E-state index contributed by atoms with van der Waals surface area (Å²) >= 11 is 5.54. The van der Waals surface area contributed by atoms with Crippen LogP contribution in [0.3, 0.4) is 0 Å². The average Bonchev–Trinajstić information content (AvgIpc) is 2.16. The van der Waals surface area contributed by atoms with Gasteiger partial charge in [-0.3, -0.25) is 0 Å². The maximum absolute atomic E-state index is 11.8. The maximum Gasteiger partial charge on any atom is 0.153 e. The second-order valence-electron chi connectivity index (χ2n) is 4.42. The van der Waals surface area contributed by atoms with Crippen LogP contribution in [0.5, 0.6) is 0 Å². The number of hydrogen-bond donors (Lipinski definition) is 0. The molecule has 92 valence electrons. The lowest BCUT2D eigenvalue weighted by Gasteiger charge is -2.16. The summed E-state index contributed by atoms with van der Waals surface area (Å²) in [6, 6.07) is 0. The summed E-state index contributed by atoms with van der Waals surface area (Å²) in [5, 5.41) is -0.217. The number of unbranched alkanes of at least 4 members (excludes halogenated alkanes) is 3. The Kier molecular flexibility index (Phi) is 7.62. The summed E-state index contributed by atoms with van der Waals surface area (Å²) in [7, 11) is -2.88. The van der Waals surface area contributed by atoms with E-state index in [9.17, 15) is 8.42 Å². The topological polar surface area (TPSA) is 34.1 Å². The third-order valence-electron chi connectivity index (χ3n) is 2.82. The molecule has 0 N–H and O–H groups in total. The van der Waals surface area contributed by atoms with E-state index in [1.165, 1.54) is 0 Å². The molecule has 0 amide bonds. The molecule has 1 atom stereocenters. The second-order valence-corrected chi connectivity index (χ2v) is 7.27. The Bertz CT molecular complexity index is 247. The fraction of sp³-hybridized carbons (Fsp3) is 1.00. The van der Waals surface area contributed by atoms with Crippen molar-refractivity contribution in [2.75, 3.05) is 11.6 Å². The summed E-state index contributed by atoms with van der Waals surface area (Å²) in [5.41, 5.74) is 0. The first-order chi connectivity index (χ1) is 6.91. The van der Waals surface area contributed by atoms with E-state index >= 15 is 0 Å². The van der Waals surface area contributed by atoms with Gasteiger partial charge in [-0.2, -0.15) is 0 Å². The van der Waals surface area contributed by atoms with Gasteiger partial charge in [-0.25, -0.2) is 8.42 Å². The normalized spacial score (nSPS) is 14.5. The van der Waals surface area contributed by atoms with Gasteiger partial charge in [0.05, 0.1) is 11.0 Å². The van der Waals surface area contributed by atoms with E-state index in [0.717, 1.165) is 25.7 Å². The molecular weight excluding hydrogens is 232 g/mol. The molecule has 2 nitrogen and oxygen atoms in total. The predicted octanol–water partition coefficient (Wildman–Crippen LogP) is 3.24. The highest BCUT2D eigenvalue weighted by molar-refractivity contribution is 7.92. The van der Waals surface area contributed by atoms with Crippen LogP contribution in [-0.2, 0) is 9.84 Å². The molecule has 0 rings (SSSR count). The van der Waals surface area contributed by atoms with Crippen LogP contribution in [0.1, 0.15) is 46.5 Å². The predicted molar refractivity (Wildman–Crippen MR) is 67.3 cm³/mol. The molecule has 0 saturated carbocycles. The molecule has 0 aromatic carbocycles. The Balaban J connectivity index is 3.85. The van der Waals surface area contributed by atoms with Crippen molar-refractivity contribution in [2.24, 2.45) is 5.92 Å². The SMILES string of the molecule is CC(C)C(C)S(=O)(=O)CCCCCCCl. The fourth-order valence-electron chi connectivity index (χ4n) is 1.35. The Morgan fingerprint density at radius 3 is 2.00 bits per heavy atom. The fourth-order valence-corrected chi connectivity index (χ4v) is 3.35. The van der Waals surface area contributed by atoms with Crippen molar-refractivity contribution < 1.29 is 8.42 Å². The van der Waals surface area contributed by atoms with E-state index in [1.807, 2.05) is 13.8 Å². The molecule has 0 radical (unpaired) electrons. The van der Waals surface area contributed by atoms with Gasteiger partial charge in [0.2, 0.25) is 0 Å². The molecule has 0 bridgehead atoms. The van der Waals surface area contributed by atoms with Gasteiger partial charge in [0.15, 0.2) is 9.84 Å². The molecule has 0 aromatic heterocycles. The quantitative estimate of drug-likeness (QED) is 0.492. The molecule has 0 heterocycles. The molecule has 0 aromatic rings. The summed E-state index contributed by atoms with van der Waals surface area (Å²) in [6.45, 7) is 5.71. The van der Waals surface area contributed by atoms with Crippen molar-refractivity contribution in [1.29, 1.82) is 0 Å². The molecule has 0 saturated heterocycles. The highest BCUT2D eigenvalue weighted by Gasteiger charge is 2.22. The van der Waals surface area contributed by atoms with Crippen LogP contribution in [0.2, 0.25) is 0 Å². The molecule has 15 heavy (non-hydrogen) atoms. The number of halogens is 1. The van der Waals surface area contributed by atoms with Crippen LogP contribution in [0.4, 0.5) is 0 Å². The van der Waals surface area contributed by atoms with Crippen molar-refractivity contribution in [3.63, 3.8) is 0 Å². The Hall–Kier alpha value is 0.240. The van der Waals surface area contributed by atoms with Crippen LogP contribution in [0.25, 0.3) is 0 Å². The van der Waals surface area contributed by atoms with Crippen molar-refractivity contribution >= 4 is 21.4 Å². The standard InChI is InChI=1S/C11H23ClO2S/c1-10(2)11(3)15(13,14)9-7-5-4-6-8-12/h10-11H,4-9H2,1-3H3. The van der Waals surface area contributed by atoms with Crippen molar-refractivity contribution in [1.82, 2.24) is 0 Å². The van der Waals surface area contributed by atoms with Gasteiger partial charge in [-0.15, -0.1) is 11.6 Å². The van der Waals surface area contributed by atoms with Gasteiger partial charge in [0.25, 0.3) is 0 Å². The monoisotopic (exact) mass is 254 g/mol. The van der Waals surface area contributed by atoms with Crippen molar-refractivity contribution in [2.45, 2.75) is 51.7 Å². The van der Waals surface area contributed by atoms with Crippen LogP contribution in [-0.4, -0.2) is 25.3 Å². The van der Waals surface area contributed by atoms with Crippen LogP contribution in [0, 0.1) is 5.92 Å². The number of hydrogen-bond acceptors (Lipinski definition) is 2. The van der Waals surface area contributed by atoms with Gasteiger partial charge in [-0.05, 0) is 25.7 Å². The average molecular weight is 255 g/mol. The molecule has 1 unspecified atom stereocenters. The summed E-state index contributed by atoms with van der Waals surface area (Å²) in [4.78, 5) is 0. The van der Waals surface area contributed by atoms with Crippen LogP contribution in [0.15, 0.2) is 0 Å². The Morgan fingerprint density at radius 1 is 1.00 bits per heavy atom. The molecule has 0 spiro atoms. The zero-order valence-corrected chi connectivity index (χ0v) is 11.6. The van der Waals surface area contributed by atoms with Gasteiger partial charge < -0.3 is 0 Å². The highest BCUT2D eigenvalue weighted by atomic mass is 35.5. The minimum atomic E-state index is -2.88. The van der Waals surface area contributed by atoms with E-state index in [1.54, 1.807) is 6.92 Å². The highest BCUT2D eigenvalue weighted by Crippen LogP contribution is 2.14. The lowest BCUT2D eigenvalue weighted by Crippen LogP contribution is -2.25. The third kappa shape index (κ3) is 6.41. The number of sulfone groups is 1. The smallest absolute Gasteiger partial charge is 0.153 e. The lowest BCUT2D eigenvalue weighted by atomic mass is 10.2. The molecular formula is C11H23ClO2S. The van der Waals surface area contributed by atoms with Gasteiger partial charge in [0.1, 0.15) is 0 Å². The largest absolute Gasteiger partial charge is 0.229 e. The molecule has 0 aliphatic heterocycles. The zero-order chi connectivity index (χ0) is 11.9. The first kappa shape index (κ1) is 15.2.